The number of rotatable bonds is 5. The Balaban J connectivity index is 1.78. The molecule has 0 bridgehead atoms. The van der Waals surface area contributed by atoms with Gasteiger partial charge in [0.25, 0.3) is 0 Å². The highest BCUT2D eigenvalue weighted by Gasteiger charge is 2.18. The van der Waals surface area contributed by atoms with Gasteiger partial charge in [-0.3, -0.25) is 0 Å². The minimum atomic E-state index is 0.521. The first-order chi connectivity index (χ1) is 10.2. The number of hydrogen-bond donors (Lipinski definition) is 0. The molecule has 0 saturated carbocycles. The van der Waals surface area contributed by atoms with Crippen LogP contribution in [0.3, 0.4) is 0 Å². The van der Waals surface area contributed by atoms with Gasteiger partial charge in [0.2, 0.25) is 0 Å². The average Bonchev–Trinajstić information content (AvgIpc) is 2.90. The van der Waals surface area contributed by atoms with Crippen molar-refractivity contribution in [2.75, 3.05) is 0 Å². The molecule has 0 radical (unpaired) electrons. The van der Waals surface area contributed by atoms with Gasteiger partial charge < -0.3 is 0 Å². The van der Waals surface area contributed by atoms with Crippen molar-refractivity contribution < 1.29 is 0 Å². The van der Waals surface area contributed by atoms with Crippen LogP contribution in [0.5, 0.6) is 0 Å². The smallest absolute Gasteiger partial charge is 0.128 e. The number of fused-ring (bicyclic) bond motifs is 1. The summed E-state index contributed by atoms with van der Waals surface area (Å²) in [6, 6.07) is 10.2. The number of para-hydroxylation sites is 1. The summed E-state index contributed by atoms with van der Waals surface area (Å²) in [6.45, 7) is 4.53. The number of benzene rings is 1. The van der Waals surface area contributed by atoms with Crippen LogP contribution in [0, 0.1) is 11.8 Å². The van der Waals surface area contributed by atoms with Crippen molar-refractivity contribution in [3.8, 4) is 0 Å². The van der Waals surface area contributed by atoms with Crippen LogP contribution in [0.15, 0.2) is 42.7 Å². The van der Waals surface area contributed by atoms with Crippen molar-refractivity contribution in [1.29, 1.82) is 0 Å². The normalized spacial score (nSPS) is 12.9. The number of hydrogen-bond acceptors (Lipinski definition) is 4. The molecule has 0 saturated heterocycles. The molecule has 0 aliphatic carbocycles. The molecule has 0 amide bonds. The monoisotopic (exact) mass is 297 g/mol. The second kappa shape index (κ2) is 6.31. The molecule has 2 heterocycles. The molecule has 1 atom stereocenters. The molecular weight excluding hydrogens is 278 g/mol. The summed E-state index contributed by atoms with van der Waals surface area (Å²) >= 11 is 1.80. The minimum absolute atomic E-state index is 0.521. The molecule has 2 aromatic heterocycles. The maximum absolute atomic E-state index is 4.75. The third-order valence-corrected chi connectivity index (χ3v) is 4.84. The van der Waals surface area contributed by atoms with Gasteiger partial charge in [-0.1, -0.05) is 26.0 Å². The van der Waals surface area contributed by atoms with Crippen LogP contribution in [0.1, 0.15) is 24.7 Å². The van der Waals surface area contributed by atoms with E-state index in [1.165, 1.54) is 9.71 Å². The second-order valence-electron chi connectivity index (χ2n) is 5.65. The van der Waals surface area contributed by atoms with E-state index in [0.717, 1.165) is 24.2 Å². The Labute approximate surface area is 129 Å². The van der Waals surface area contributed by atoms with Crippen molar-refractivity contribution in [2.45, 2.75) is 26.7 Å². The molecular formula is C17H19N3S. The second-order valence-corrected chi connectivity index (χ2v) is 6.77. The predicted molar refractivity (Wildman–Crippen MR) is 87.4 cm³/mol. The molecule has 3 rings (SSSR count). The van der Waals surface area contributed by atoms with Crippen molar-refractivity contribution in [2.24, 2.45) is 11.8 Å². The van der Waals surface area contributed by atoms with E-state index in [1.54, 1.807) is 11.3 Å². The fourth-order valence-corrected chi connectivity index (χ4v) is 3.51. The predicted octanol–water partition coefficient (Wildman–Crippen LogP) is 4.14. The third kappa shape index (κ3) is 3.45. The first-order valence-electron chi connectivity index (χ1n) is 7.32. The minimum Gasteiger partial charge on any atom is -0.241 e. The maximum atomic E-state index is 4.75. The first kappa shape index (κ1) is 14.1. The van der Waals surface area contributed by atoms with Gasteiger partial charge in [-0.2, -0.15) is 0 Å². The van der Waals surface area contributed by atoms with Crippen LogP contribution in [0.2, 0.25) is 0 Å². The molecule has 1 aromatic carbocycles. The first-order valence-corrected chi connectivity index (χ1v) is 8.14. The van der Waals surface area contributed by atoms with Gasteiger partial charge in [0.1, 0.15) is 5.82 Å². The molecule has 0 aliphatic rings. The van der Waals surface area contributed by atoms with Gasteiger partial charge in [-0.25, -0.2) is 15.0 Å². The largest absolute Gasteiger partial charge is 0.241 e. The van der Waals surface area contributed by atoms with Gasteiger partial charge in [-0.15, -0.1) is 11.3 Å². The molecule has 3 nitrogen and oxygen atoms in total. The summed E-state index contributed by atoms with van der Waals surface area (Å²) in [7, 11) is 0. The topological polar surface area (TPSA) is 38.7 Å². The molecule has 0 fully saturated rings. The Morgan fingerprint density at radius 2 is 1.76 bits per heavy atom. The summed E-state index contributed by atoms with van der Waals surface area (Å²) < 4.78 is 1.27. The van der Waals surface area contributed by atoms with Crippen LogP contribution in [0.25, 0.3) is 10.2 Å². The van der Waals surface area contributed by atoms with Gasteiger partial charge in [0.05, 0.1) is 15.2 Å². The lowest BCUT2D eigenvalue weighted by atomic mass is 9.89. The van der Waals surface area contributed by atoms with E-state index in [1.807, 2.05) is 24.5 Å². The van der Waals surface area contributed by atoms with Gasteiger partial charge in [0, 0.05) is 25.2 Å². The van der Waals surface area contributed by atoms with Crippen LogP contribution < -0.4 is 0 Å². The van der Waals surface area contributed by atoms with Gasteiger partial charge in [-0.05, 0) is 30.0 Å². The molecule has 0 spiro atoms. The van der Waals surface area contributed by atoms with E-state index in [4.69, 9.17) is 4.98 Å². The molecule has 108 valence electrons. The van der Waals surface area contributed by atoms with E-state index >= 15 is 0 Å². The van der Waals surface area contributed by atoms with E-state index in [9.17, 15) is 0 Å². The molecule has 4 heteroatoms. The van der Waals surface area contributed by atoms with Crippen molar-refractivity contribution >= 4 is 21.6 Å². The SMILES string of the molecule is CC(C)C(Cc1ncccn1)Cc1nc2ccccc2s1. The van der Waals surface area contributed by atoms with E-state index in [0.29, 0.717) is 11.8 Å². The summed E-state index contributed by atoms with van der Waals surface area (Å²) in [4.78, 5) is 13.5. The van der Waals surface area contributed by atoms with Crippen molar-refractivity contribution in [3.05, 3.63) is 53.6 Å². The maximum Gasteiger partial charge on any atom is 0.128 e. The highest BCUT2D eigenvalue weighted by Crippen LogP contribution is 2.27. The Kier molecular flexibility index (Phi) is 4.25. The number of thiazole rings is 1. The Bertz CT molecular complexity index is 673. The Hall–Kier alpha value is -1.81. The summed E-state index contributed by atoms with van der Waals surface area (Å²) in [5.74, 6) is 2.03. The zero-order valence-corrected chi connectivity index (χ0v) is 13.2. The Morgan fingerprint density at radius 1 is 1.00 bits per heavy atom. The van der Waals surface area contributed by atoms with E-state index < -0.39 is 0 Å². The lowest BCUT2D eigenvalue weighted by Crippen LogP contribution is -2.16. The quantitative estimate of drug-likeness (QED) is 0.710. The molecule has 21 heavy (non-hydrogen) atoms. The zero-order chi connectivity index (χ0) is 14.7. The van der Waals surface area contributed by atoms with Gasteiger partial charge in [0.15, 0.2) is 0 Å². The standard InChI is InChI=1S/C17H19N3S/c1-12(2)13(10-16-18-8-5-9-19-16)11-17-20-14-6-3-4-7-15(14)21-17/h3-9,12-13H,10-11H2,1-2H3. The molecule has 1 unspecified atom stereocenters. The number of aromatic nitrogens is 3. The highest BCUT2D eigenvalue weighted by atomic mass is 32.1. The lowest BCUT2D eigenvalue weighted by molar-refractivity contribution is 0.373. The summed E-state index contributed by atoms with van der Waals surface area (Å²) in [6.07, 6.45) is 5.54. The summed E-state index contributed by atoms with van der Waals surface area (Å²) in [5.41, 5.74) is 1.11. The molecule has 0 N–H and O–H groups in total. The highest BCUT2D eigenvalue weighted by molar-refractivity contribution is 7.18. The lowest BCUT2D eigenvalue weighted by Gasteiger charge is -2.18. The Morgan fingerprint density at radius 3 is 2.48 bits per heavy atom. The van der Waals surface area contributed by atoms with Crippen molar-refractivity contribution in [1.82, 2.24) is 15.0 Å². The molecule has 3 aromatic rings. The fraction of sp³-hybridized carbons (Fsp3) is 0.353. The molecule has 0 aliphatic heterocycles. The third-order valence-electron chi connectivity index (χ3n) is 3.78. The van der Waals surface area contributed by atoms with Crippen LogP contribution in [0.4, 0.5) is 0 Å². The van der Waals surface area contributed by atoms with Gasteiger partial charge >= 0.3 is 0 Å². The van der Waals surface area contributed by atoms with Crippen LogP contribution in [-0.4, -0.2) is 15.0 Å². The van der Waals surface area contributed by atoms with Crippen LogP contribution >= 0.6 is 11.3 Å². The van der Waals surface area contributed by atoms with Crippen LogP contribution in [-0.2, 0) is 12.8 Å². The average molecular weight is 297 g/mol. The van der Waals surface area contributed by atoms with E-state index in [2.05, 4.69) is 42.0 Å². The zero-order valence-electron chi connectivity index (χ0n) is 12.4. The number of nitrogens with zero attached hydrogens (tertiary/aromatic N) is 3. The fourth-order valence-electron chi connectivity index (χ4n) is 2.44. The van der Waals surface area contributed by atoms with E-state index in [-0.39, 0.29) is 0 Å². The van der Waals surface area contributed by atoms with Crippen molar-refractivity contribution in [3.63, 3.8) is 0 Å². The summed E-state index contributed by atoms with van der Waals surface area (Å²) in [5, 5.41) is 1.21.